The van der Waals surface area contributed by atoms with Gasteiger partial charge in [-0.3, -0.25) is 19.4 Å². The van der Waals surface area contributed by atoms with E-state index in [0.717, 1.165) is 38.8 Å². The van der Waals surface area contributed by atoms with Crippen LogP contribution in [0.5, 0.6) is 0 Å². The number of alkyl carbamates (subject to hydrolysis) is 1. The van der Waals surface area contributed by atoms with Gasteiger partial charge in [-0.05, 0) is 46.5 Å². The Balaban J connectivity index is 1.18. The maximum Gasteiger partial charge on any atom is 0.407 e. The zero-order valence-corrected chi connectivity index (χ0v) is 25.8. The highest BCUT2D eigenvalue weighted by molar-refractivity contribution is 6.20. The van der Waals surface area contributed by atoms with Gasteiger partial charge in [-0.1, -0.05) is 12.8 Å². The summed E-state index contributed by atoms with van der Waals surface area (Å²) in [6, 6.07) is -0.921. The maximum absolute atomic E-state index is 16.3. The summed E-state index contributed by atoms with van der Waals surface area (Å²) in [7, 11) is 0. The molecule has 8 atom stereocenters. The number of nitrogens with one attached hydrogen (secondary N) is 2. The van der Waals surface area contributed by atoms with Gasteiger partial charge in [0.15, 0.2) is 5.78 Å². The molecule has 5 fully saturated rings. The molecule has 0 aromatic heterocycles. The van der Waals surface area contributed by atoms with Crippen LogP contribution >= 0.6 is 0 Å². The van der Waals surface area contributed by atoms with Crippen molar-refractivity contribution in [2.45, 2.75) is 107 Å². The van der Waals surface area contributed by atoms with Crippen LogP contribution in [-0.4, -0.2) is 133 Å². The van der Waals surface area contributed by atoms with Crippen molar-refractivity contribution in [2.24, 2.45) is 5.92 Å². The number of fused-ring (bicyclic) bond motifs is 2. The zero-order chi connectivity index (χ0) is 30.3. The van der Waals surface area contributed by atoms with E-state index in [1.165, 1.54) is 0 Å². The van der Waals surface area contributed by atoms with E-state index in [0.29, 0.717) is 45.8 Å². The van der Waals surface area contributed by atoms with E-state index in [9.17, 15) is 14.4 Å². The van der Waals surface area contributed by atoms with Crippen molar-refractivity contribution < 1.29 is 33.0 Å². The molecular formula is C31H48FN5O6. The molecule has 2 amide bonds. The molecule has 0 aromatic carbocycles. The first-order valence-electron chi connectivity index (χ1n) is 16.2. The number of likely N-dealkylation sites (tertiary alicyclic amines) is 1. The van der Waals surface area contributed by atoms with Crippen LogP contribution in [0.15, 0.2) is 11.8 Å². The van der Waals surface area contributed by atoms with E-state index in [1.54, 1.807) is 6.20 Å². The lowest BCUT2D eigenvalue weighted by molar-refractivity contribution is -0.209. The van der Waals surface area contributed by atoms with Gasteiger partial charge in [0.2, 0.25) is 0 Å². The molecule has 4 heterocycles. The van der Waals surface area contributed by atoms with Crippen LogP contribution in [0, 0.1) is 5.92 Å². The van der Waals surface area contributed by atoms with Gasteiger partial charge in [0, 0.05) is 57.4 Å². The summed E-state index contributed by atoms with van der Waals surface area (Å²) in [5.74, 6) is -1.29. The van der Waals surface area contributed by atoms with Crippen molar-refractivity contribution in [2.75, 3.05) is 52.5 Å². The van der Waals surface area contributed by atoms with Crippen LogP contribution in [-0.2, 0) is 23.8 Å². The van der Waals surface area contributed by atoms with Crippen LogP contribution in [0.25, 0.3) is 0 Å². The molecule has 6 rings (SSSR count). The third kappa shape index (κ3) is 6.57. The minimum absolute atomic E-state index is 0.0565. The number of hydrogen-bond acceptors (Lipinski definition) is 9. The number of carbonyl (C=O) groups is 3. The molecule has 0 spiro atoms. The quantitative estimate of drug-likeness (QED) is 0.436. The lowest BCUT2D eigenvalue weighted by atomic mass is 9.69. The predicted octanol–water partition coefficient (Wildman–Crippen LogP) is 1.61. The fraction of sp³-hybridized carbons (Fsp3) is 0.839. The second-order valence-electron chi connectivity index (χ2n) is 14.0. The minimum Gasteiger partial charge on any atom is -0.444 e. The number of ketones is 1. The van der Waals surface area contributed by atoms with E-state index in [2.05, 4.69) is 25.3 Å². The number of nitrogens with zero attached hydrogens (tertiary/aromatic N) is 3. The molecular weight excluding hydrogens is 557 g/mol. The van der Waals surface area contributed by atoms with E-state index >= 15 is 4.39 Å². The molecule has 6 aliphatic rings. The monoisotopic (exact) mass is 605 g/mol. The highest BCUT2D eigenvalue weighted by Crippen LogP contribution is 2.47. The molecule has 11 nitrogen and oxygen atoms in total. The van der Waals surface area contributed by atoms with Crippen molar-refractivity contribution in [1.82, 2.24) is 25.3 Å². The van der Waals surface area contributed by atoms with Crippen LogP contribution in [0.3, 0.4) is 0 Å². The molecule has 8 unspecified atom stereocenters. The minimum atomic E-state index is -1.29. The fourth-order valence-electron chi connectivity index (χ4n) is 8.06. The molecule has 240 valence electrons. The van der Waals surface area contributed by atoms with Gasteiger partial charge in [0.05, 0.1) is 49.1 Å². The molecule has 0 aromatic rings. The number of carbonyl (C=O) groups excluding carboxylic acids is 3. The summed E-state index contributed by atoms with van der Waals surface area (Å²) < 4.78 is 33.9. The topological polar surface area (TPSA) is 113 Å². The lowest BCUT2D eigenvalue weighted by Gasteiger charge is -2.60. The second kappa shape index (κ2) is 12.6. The Morgan fingerprint density at radius 3 is 2.63 bits per heavy atom. The van der Waals surface area contributed by atoms with Gasteiger partial charge >= 0.3 is 6.09 Å². The van der Waals surface area contributed by atoms with Crippen LogP contribution in [0.2, 0.25) is 0 Å². The van der Waals surface area contributed by atoms with E-state index < -0.39 is 35.9 Å². The lowest BCUT2D eigenvalue weighted by Crippen LogP contribution is -2.73. The molecule has 0 bridgehead atoms. The molecule has 12 heteroatoms. The SMILES string of the molecule is CC(C)(C)OC(=O)NC1CCN(C2C(F)CC3C(=O)C(C(=O)NCCN4CCOCC4)=CN4C5CCCCC5OC2C34)C1. The summed E-state index contributed by atoms with van der Waals surface area (Å²) in [6.07, 6.45) is 4.10. The number of Topliss-reactive ketones (excluding diaryl/α,β-unsaturated/α-hetero) is 1. The van der Waals surface area contributed by atoms with Gasteiger partial charge < -0.3 is 29.7 Å². The van der Waals surface area contributed by atoms with Gasteiger partial charge in [-0.2, -0.15) is 0 Å². The largest absolute Gasteiger partial charge is 0.444 e. The highest BCUT2D eigenvalue weighted by atomic mass is 19.1. The van der Waals surface area contributed by atoms with Crippen molar-refractivity contribution in [3.05, 3.63) is 11.8 Å². The summed E-state index contributed by atoms with van der Waals surface area (Å²) >= 11 is 0. The summed E-state index contributed by atoms with van der Waals surface area (Å²) in [6.45, 7) is 10.8. The van der Waals surface area contributed by atoms with Crippen LogP contribution < -0.4 is 10.6 Å². The number of morpholine rings is 2. The molecule has 43 heavy (non-hydrogen) atoms. The van der Waals surface area contributed by atoms with Crippen molar-refractivity contribution in [3.63, 3.8) is 0 Å². The maximum atomic E-state index is 16.3. The zero-order valence-electron chi connectivity index (χ0n) is 25.8. The third-order valence-electron chi connectivity index (χ3n) is 9.97. The molecule has 3 saturated heterocycles. The summed E-state index contributed by atoms with van der Waals surface area (Å²) in [4.78, 5) is 46.2. The first kappa shape index (κ1) is 30.7. The summed E-state index contributed by atoms with van der Waals surface area (Å²) in [5, 5.41) is 5.90. The van der Waals surface area contributed by atoms with Crippen LogP contribution in [0.1, 0.15) is 59.3 Å². The molecule has 0 radical (unpaired) electrons. The average Bonchev–Trinajstić information content (AvgIpc) is 3.41. The second-order valence-corrected chi connectivity index (χ2v) is 14.0. The Kier molecular flexibility index (Phi) is 9.01. The average molecular weight is 606 g/mol. The predicted molar refractivity (Wildman–Crippen MR) is 156 cm³/mol. The number of ether oxygens (including phenoxy) is 3. The molecule has 2 saturated carbocycles. The van der Waals surface area contributed by atoms with Crippen molar-refractivity contribution >= 4 is 17.8 Å². The molecule has 2 aliphatic carbocycles. The number of alkyl halides is 1. The Bertz CT molecular complexity index is 1090. The number of halogens is 1. The normalized spacial score (nSPS) is 36.8. The van der Waals surface area contributed by atoms with Crippen molar-refractivity contribution in [3.8, 4) is 0 Å². The molecule has 4 aliphatic heterocycles. The Morgan fingerprint density at radius 2 is 1.86 bits per heavy atom. The number of rotatable bonds is 6. The highest BCUT2D eigenvalue weighted by Gasteiger charge is 2.60. The Hall–Kier alpha value is -2.28. The van der Waals surface area contributed by atoms with E-state index in [-0.39, 0.29) is 47.9 Å². The fourth-order valence-corrected chi connectivity index (χ4v) is 8.06. The standard InChI is InChI=1S/C31H48FN5O6/c1-31(2,3)43-30(40)34-19-8-10-36(17-19)26-22(32)16-20-25-28(26)42-24-7-5-4-6-23(24)37(25)18-21(27(20)38)29(39)33-9-11-35-12-14-41-15-13-35/h18-20,22-26,28H,4-17H2,1-3H3,(H,33,39)(H,34,40). The Labute approximate surface area is 253 Å². The van der Waals surface area contributed by atoms with Gasteiger partial charge in [0.1, 0.15) is 11.8 Å². The summed E-state index contributed by atoms with van der Waals surface area (Å²) in [5.41, 5.74) is -0.457. The van der Waals surface area contributed by atoms with Crippen molar-refractivity contribution in [1.29, 1.82) is 0 Å². The Morgan fingerprint density at radius 1 is 1.09 bits per heavy atom. The van der Waals surface area contributed by atoms with E-state index in [1.807, 2.05) is 20.8 Å². The number of hydrogen-bond donors (Lipinski definition) is 2. The first-order chi connectivity index (χ1) is 20.6. The van der Waals surface area contributed by atoms with Gasteiger partial charge in [-0.15, -0.1) is 0 Å². The van der Waals surface area contributed by atoms with Gasteiger partial charge in [-0.25, -0.2) is 9.18 Å². The van der Waals surface area contributed by atoms with Gasteiger partial charge in [0.25, 0.3) is 5.91 Å². The first-order valence-corrected chi connectivity index (χ1v) is 16.2. The van der Waals surface area contributed by atoms with Crippen LogP contribution in [0.4, 0.5) is 9.18 Å². The third-order valence-corrected chi connectivity index (χ3v) is 9.97. The van der Waals surface area contributed by atoms with E-state index in [4.69, 9.17) is 14.2 Å². The molecule has 2 N–H and O–H groups in total. The smallest absolute Gasteiger partial charge is 0.407 e. The number of amides is 2.